The van der Waals surface area contributed by atoms with Crippen molar-refractivity contribution in [3.05, 3.63) is 65.4 Å². The average molecular weight is 405 g/mol. The number of hydrogen-bond donors (Lipinski definition) is 2. The van der Waals surface area contributed by atoms with Gasteiger partial charge in [-0.2, -0.15) is 18.3 Å². The molecule has 3 heterocycles. The molecule has 2 N–H and O–H groups in total. The summed E-state index contributed by atoms with van der Waals surface area (Å²) < 4.78 is 44.9. The third-order valence-electron chi connectivity index (χ3n) is 5.34. The predicted molar refractivity (Wildman–Crippen MR) is 101 cm³/mol. The van der Waals surface area contributed by atoms with E-state index in [4.69, 9.17) is 9.52 Å². The third-order valence-corrected chi connectivity index (χ3v) is 5.34. The van der Waals surface area contributed by atoms with Crippen LogP contribution in [0, 0.1) is 0 Å². The number of rotatable bonds is 5. The fourth-order valence-corrected chi connectivity index (χ4v) is 3.95. The van der Waals surface area contributed by atoms with Crippen molar-refractivity contribution in [2.24, 2.45) is 0 Å². The molecular formula is C21H22F3N3O2. The third kappa shape index (κ3) is 4.38. The number of alkyl halides is 3. The molecule has 0 amide bonds. The standard InChI is InChI=1S/C21H22F3N3O2/c22-21(23,24)16-5-1-3-14(9-16)19-10-25-26-20(19)15-4-2-8-27(11-15)12-17-6-7-18(13-28)29-17/h1,3,5-7,9-10,15,28H,2,4,8,11-13H2,(H,25,26). The molecule has 1 aliphatic heterocycles. The monoisotopic (exact) mass is 405 g/mol. The van der Waals surface area contributed by atoms with Gasteiger partial charge in [0.25, 0.3) is 0 Å². The lowest BCUT2D eigenvalue weighted by atomic mass is 9.90. The lowest BCUT2D eigenvalue weighted by Gasteiger charge is -2.32. The minimum atomic E-state index is -4.38. The van der Waals surface area contributed by atoms with Gasteiger partial charge in [0.2, 0.25) is 0 Å². The number of nitrogens with one attached hydrogen (secondary N) is 1. The highest BCUT2D eigenvalue weighted by Gasteiger charge is 2.31. The molecule has 1 atom stereocenters. The van der Waals surface area contributed by atoms with Crippen LogP contribution in [0.4, 0.5) is 13.2 Å². The average Bonchev–Trinajstić information content (AvgIpc) is 3.37. The van der Waals surface area contributed by atoms with Crippen molar-refractivity contribution in [2.45, 2.75) is 38.1 Å². The van der Waals surface area contributed by atoms with Crippen LogP contribution >= 0.6 is 0 Å². The molecular weight excluding hydrogens is 383 g/mol. The summed E-state index contributed by atoms with van der Waals surface area (Å²) in [6.45, 7) is 2.17. The molecule has 29 heavy (non-hydrogen) atoms. The summed E-state index contributed by atoms with van der Waals surface area (Å²) in [6.07, 6.45) is -0.869. The van der Waals surface area contributed by atoms with Crippen LogP contribution in [0.25, 0.3) is 11.1 Å². The number of aromatic nitrogens is 2. The summed E-state index contributed by atoms with van der Waals surface area (Å²) in [6, 6.07) is 8.99. The van der Waals surface area contributed by atoms with Crippen molar-refractivity contribution < 1.29 is 22.7 Å². The quantitative estimate of drug-likeness (QED) is 0.653. The molecule has 8 heteroatoms. The number of aliphatic hydroxyl groups excluding tert-OH is 1. The van der Waals surface area contributed by atoms with E-state index in [-0.39, 0.29) is 12.5 Å². The molecule has 0 saturated carbocycles. The van der Waals surface area contributed by atoms with E-state index in [1.807, 2.05) is 6.07 Å². The number of aromatic amines is 1. The molecule has 0 bridgehead atoms. The molecule has 154 valence electrons. The van der Waals surface area contributed by atoms with Crippen LogP contribution in [0.5, 0.6) is 0 Å². The zero-order valence-corrected chi connectivity index (χ0v) is 15.7. The van der Waals surface area contributed by atoms with Gasteiger partial charge in [-0.25, -0.2) is 0 Å². The summed E-state index contributed by atoms with van der Waals surface area (Å²) in [5, 5.41) is 16.3. The second-order valence-electron chi connectivity index (χ2n) is 7.38. The van der Waals surface area contributed by atoms with Gasteiger partial charge >= 0.3 is 6.18 Å². The van der Waals surface area contributed by atoms with Gasteiger partial charge in [-0.1, -0.05) is 12.1 Å². The molecule has 1 aromatic carbocycles. The highest BCUT2D eigenvalue weighted by Crippen LogP contribution is 2.36. The van der Waals surface area contributed by atoms with E-state index in [0.29, 0.717) is 23.4 Å². The molecule has 1 aliphatic rings. The van der Waals surface area contributed by atoms with Crippen LogP contribution in [0.2, 0.25) is 0 Å². The molecule has 3 aromatic rings. The molecule has 1 unspecified atom stereocenters. The zero-order valence-electron chi connectivity index (χ0n) is 15.7. The summed E-state index contributed by atoms with van der Waals surface area (Å²) in [5.41, 5.74) is 1.43. The van der Waals surface area contributed by atoms with Crippen molar-refractivity contribution in [2.75, 3.05) is 13.1 Å². The fourth-order valence-electron chi connectivity index (χ4n) is 3.95. The molecule has 2 aromatic heterocycles. The Balaban J connectivity index is 1.53. The van der Waals surface area contributed by atoms with E-state index in [2.05, 4.69) is 15.1 Å². The normalized spacial score (nSPS) is 18.3. The summed E-state index contributed by atoms with van der Waals surface area (Å²) in [7, 11) is 0. The number of aliphatic hydroxyl groups is 1. The number of piperidine rings is 1. The lowest BCUT2D eigenvalue weighted by molar-refractivity contribution is -0.137. The molecule has 1 fully saturated rings. The molecule has 0 radical (unpaired) electrons. The number of halogens is 3. The Morgan fingerprint density at radius 3 is 2.79 bits per heavy atom. The minimum Gasteiger partial charge on any atom is -0.462 e. The number of furan rings is 1. The number of nitrogens with zero attached hydrogens (tertiary/aromatic N) is 2. The van der Waals surface area contributed by atoms with E-state index in [1.165, 1.54) is 12.1 Å². The van der Waals surface area contributed by atoms with Crippen LogP contribution in [-0.2, 0) is 19.3 Å². The van der Waals surface area contributed by atoms with E-state index in [0.717, 1.165) is 43.5 Å². The van der Waals surface area contributed by atoms with Crippen LogP contribution in [0.15, 0.2) is 47.0 Å². The van der Waals surface area contributed by atoms with Gasteiger partial charge in [-0.15, -0.1) is 0 Å². The van der Waals surface area contributed by atoms with E-state index >= 15 is 0 Å². The van der Waals surface area contributed by atoms with Crippen LogP contribution in [0.1, 0.15) is 41.5 Å². The van der Waals surface area contributed by atoms with Crippen molar-refractivity contribution in [1.82, 2.24) is 15.1 Å². The van der Waals surface area contributed by atoms with Gasteiger partial charge in [0, 0.05) is 23.7 Å². The van der Waals surface area contributed by atoms with Crippen molar-refractivity contribution >= 4 is 0 Å². The summed E-state index contributed by atoms with van der Waals surface area (Å²) >= 11 is 0. The van der Waals surface area contributed by atoms with E-state index in [9.17, 15) is 13.2 Å². The molecule has 1 saturated heterocycles. The first kappa shape index (κ1) is 19.7. The minimum absolute atomic E-state index is 0.128. The SMILES string of the molecule is OCc1ccc(CN2CCCC(c3[nH]ncc3-c3cccc(C(F)(F)F)c3)C2)o1. The van der Waals surface area contributed by atoms with Gasteiger partial charge < -0.3 is 9.52 Å². The van der Waals surface area contributed by atoms with Crippen molar-refractivity contribution in [1.29, 1.82) is 0 Å². The van der Waals surface area contributed by atoms with E-state index in [1.54, 1.807) is 18.3 Å². The van der Waals surface area contributed by atoms with E-state index < -0.39 is 11.7 Å². The Labute approximate surface area is 166 Å². The summed E-state index contributed by atoms with van der Waals surface area (Å²) in [5.74, 6) is 1.47. The Bertz CT molecular complexity index is 964. The van der Waals surface area contributed by atoms with Gasteiger partial charge in [-0.3, -0.25) is 10.00 Å². The van der Waals surface area contributed by atoms with Gasteiger partial charge in [0.05, 0.1) is 18.3 Å². The maximum Gasteiger partial charge on any atom is 0.416 e. The van der Waals surface area contributed by atoms with Gasteiger partial charge in [0.1, 0.15) is 18.1 Å². The number of H-pyrrole nitrogens is 1. The Hall–Kier alpha value is -2.58. The Morgan fingerprint density at radius 2 is 2.03 bits per heavy atom. The maximum absolute atomic E-state index is 13.1. The first-order valence-corrected chi connectivity index (χ1v) is 9.55. The van der Waals surface area contributed by atoms with Crippen LogP contribution < -0.4 is 0 Å². The number of benzene rings is 1. The number of hydrogen-bond acceptors (Lipinski definition) is 4. The smallest absolute Gasteiger partial charge is 0.416 e. The van der Waals surface area contributed by atoms with Gasteiger partial charge in [-0.05, 0) is 49.2 Å². The van der Waals surface area contributed by atoms with Crippen LogP contribution in [-0.4, -0.2) is 33.3 Å². The number of likely N-dealkylation sites (tertiary alicyclic amines) is 1. The first-order chi connectivity index (χ1) is 13.9. The highest BCUT2D eigenvalue weighted by molar-refractivity contribution is 5.66. The van der Waals surface area contributed by atoms with Gasteiger partial charge in [0.15, 0.2) is 0 Å². The Morgan fingerprint density at radius 1 is 1.21 bits per heavy atom. The highest BCUT2D eigenvalue weighted by atomic mass is 19.4. The predicted octanol–water partition coefficient (Wildman–Crippen LogP) is 4.56. The summed E-state index contributed by atoms with van der Waals surface area (Å²) in [4.78, 5) is 2.25. The van der Waals surface area contributed by atoms with Crippen molar-refractivity contribution in [3.63, 3.8) is 0 Å². The maximum atomic E-state index is 13.1. The fraction of sp³-hybridized carbons (Fsp3) is 0.381. The second kappa shape index (κ2) is 8.04. The van der Waals surface area contributed by atoms with Crippen LogP contribution in [0.3, 0.4) is 0 Å². The second-order valence-corrected chi connectivity index (χ2v) is 7.38. The molecule has 0 spiro atoms. The largest absolute Gasteiger partial charge is 0.462 e. The first-order valence-electron chi connectivity index (χ1n) is 9.55. The Kier molecular flexibility index (Phi) is 5.47. The zero-order chi connectivity index (χ0) is 20.4. The molecule has 5 nitrogen and oxygen atoms in total. The topological polar surface area (TPSA) is 65.3 Å². The van der Waals surface area contributed by atoms with Crippen molar-refractivity contribution in [3.8, 4) is 11.1 Å². The molecule has 4 rings (SSSR count). The molecule has 0 aliphatic carbocycles. The lowest BCUT2D eigenvalue weighted by Crippen LogP contribution is -2.34.